The lowest BCUT2D eigenvalue weighted by atomic mass is 10.1. The third-order valence-corrected chi connectivity index (χ3v) is 18.4. The number of benzene rings is 4. The minimum atomic E-state index is -4.52. The summed E-state index contributed by atoms with van der Waals surface area (Å²) < 4.78 is 181. The topological polar surface area (TPSA) is 545 Å². The number of carbonyl (C=O) groups is 4. The van der Waals surface area contributed by atoms with E-state index in [0.29, 0.717) is 150 Å². The van der Waals surface area contributed by atoms with E-state index < -0.39 is 58.9 Å². The smallest absolute Gasteiger partial charge is 0.329 e. The highest BCUT2D eigenvalue weighted by atomic mass is 31.2. The van der Waals surface area contributed by atoms with Gasteiger partial charge in [-0.25, -0.2) is 0 Å². The first-order valence-electron chi connectivity index (χ1n) is 42.3. The second-order valence-corrected chi connectivity index (χ2v) is 32.0. The predicted molar refractivity (Wildman–Crippen MR) is 464 cm³/mol. The number of aliphatic carboxylic acids is 2. The number of methoxy groups -OCH3 is 2. The van der Waals surface area contributed by atoms with Gasteiger partial charge in [0.2, 0.25) is 11.5 Å². The average molecular weight is 1910 g/mol. The highest BCUT2D eigenvalue weighted by Gasteiger charge is 2.24. The van der Waals surface area contributed by atoms with Crippen molar-refractivity contribution in [2.75, 3.05) is 305 Å². The maximum Gasteiger partial charge on any atom is 0.329 e. The molecule has 10 N–H and O–H groups in total. The summed E-state index contributed by atoms with van der Waals surface area (Å²) in [4.78, 5) is 105. The number of hydrogen-bond donors (Lipinski definition) is 10. The Bertz CT molecular complexity index is 3670. The van der Waals surface area contributed by atoms with Crippen LogP contribution in [0.2, 0.25) is 0 Å². The van der Waals surface area contributed by atoms with Gasteiger partial charge in [-0.05, 0) is 78.1 Å². The number of rotatable bonds is 86. The molecule has 4 rings (SSSR count). The number of amides is 2. The maximum absolute atomic E-state index is 13.6. The Kier molecular flexibility index (Phi) is 67.8. The number of carboxylic acids is 2. The molecule has 4 aromatic carbocycles. The highest BCUT2D eigenvalue weighted by Crippen LogP contribution is 2.45. The summed E-state index contributed by atoms with van der Waals surface area (Å²) in [5, 5.41) is 23.1. The number of hydrogen-bond acceptors (Lipinski definition) is 33. The summed E-state index contributed by atoms with van der Waals surface area (Å²) in [7, 11) is -10.1. The minimum absolute atomic E-state index is 0.0226. The first kappa shape index (κ1) is 116. The number of nitrogens with one attached hydrogen (secondary N) is 2. The van der Waals surface area contributed by atoms with Crippen LogP contribution in [0.1, 0.15) is 76.9 Å². The number of carbonyl (C=O) groups excluding carboxylic acids is 2. The van der Waals surface area contributed by atoms with Gasteiger partial charge in [0.05, 0.1) is 256 Å². The third kappa shape index (κ3) is 65.2. The van der Waals surface area contributed by atoms with Gasteiger partial charge in [-0.2, -0.15) is 0 Å². The zero-order valence-electron chi connectivity index (χ0n) is 74.3. The van der Waals surface area contributed by atoms with Gasteiger partial charge in [-0.3, -0.25) is 32.9 Å². The largest absolute Gasteiger partial charge is 0.492 e. The van der Waals surface area contributed by atoms with Crippen molar-refractivity contribution in [3.8, 4) is 46.0 Å². The first-order valence-corrected chi connectivity index (χ1v) is 47.7. The molecule has 0 fully saturated rings. The van der Waals surface area contributed by atoms with Crippen LogP contribution in [-0.2, 0) is 127 Å². The maximum atomic E-state index is 13.6. The van der Waals surface area contributed by atoms with Gasteiger partial charge in [0.1, 0.15) is 64.4 Å². The van der Waals surface area contributed by atoms with E-state index in [2.05, 4.69) is 10.6 Å². The molecule has 129 heavy (non-hydrogen) atoms. The zero-order chi connectivity index (χ0) is 94.0. The summed E-state index contributed by atoms with van der Waals surface area (Å²) >= 11 is 0. The molecule has 0 aliphatic heterocycles. The van der Waals surface area contributed by atoms with Gasteiger partial charge < -0.3 is 173 Å². The quantitative estimate of drug-likeness (QED) is 0.0189. The van der Waals surface area contributed by atoms with Crippen molar-refractivity contribution in [1.82, 2.24) is 10.6 Å². The second-order valence-electron chi connectivity index (χ2n) is 27.1. The molecule has 2 amide bonds. The van der Waals surface area contributed by atoms with Crippen LogP contribution in [0.5, 0.6) is 46.0 Å². The van der Waals surface area contributed by atoms with E-state index in [4.69, 9.17) is 133 Å². The van der Waals surface area contributed by atoms with Gasteiger partial charge in [0.25, 0.3) is 11.8 Å². The molecule has 0 aliphatic rings. The van der Waals surface area contributed by atoms with Crippen LogP contribution in [-0.4, -0.2) is 368 Å². The van der Waals surface area contributed by atoms with E-state index in [1.54, 1.807) is 38.5 Å². The Morgan fingerprint density at radius 1 is 0.271 bits per heavy atom. The van der Waals surface area contributed by atoms with Crippen LogP contribution in [0.3, 0.4) is 0 Å². The van der Waals surface area contributed by atoms with Gasteiger partial charge >= 0.3 is 34.7 Å². The first-order chi connectivity index (χ1) is 62.3. The molecule has 43 nitrogen and oxygen atoms in total. The molecule has 0 saturated heterocycles. The zero-order valence-corrected chi connectivity index (χ0v) is 77.0. The summed E-state index contributed by atoms with van der Waals surface area (Å²) in [5.74, 6) is -1.29. The fraction of sp³-hybridized carbons (Fsp3) is 0.663. The lowest BCUT2D eigenvalue weighted by Gasteiger charge is -2.19. The summed E-state index contributed by atoms with van der Waals surface area (Å²) in [6.45, 7) is 15.8. The Morgan fingerprint density at radius 3 is 0.775 bits per heavy atom. The van der Waals surface area contributed by atoms with Gasteiger partial charge in [-0.15, -0.1) is 0 Å². The summed E-state index contributed by atoms with van der Waals surface area (Å²) in [6, 6.07) is 16.3. The van der Waals surface area contributed by atoms with Crippen LogP contribution in [0.15, 0.2) is 66.7 Å². The third-order valence-electron chi connectivity index (χ3n) is 16.1. The van der Waals surface area contributed by atoms with Crippen molar-refractivity contribution >= 4 is 46.5 Å². The fourth-order valence-corrected chi connectivity index (χ4v) is 12.4. The van der Waals surface area contributed by atoms with Gasteiger partial charge in [0, 0.05) is 38.6 Å². The molecule has 0 unspecified atom stereocenters. The van der Waals surface area contributed by atoms with Gasteiger partial charge in [-0.1, -0.05) is 32.0 Å². The molecule has 0 radical (unpaired) electrons. The standard InChI is InChI=1S/C42H69NO22P2.C41H66NO19P/c1-3-6-54-11-13-57-17-19-59-21-24-63-38-30-36(42(46)43-5-8-62-37-28-34(32-66(47,48)49)27-35(29-37)33-67(50,51)52)31-39(41(38)65-26-23-61-14-12-55-7-4-40(44)45)64-25-22-60-20-18-58-16-15-56-10-9-53-2;1-3-10-50-15-17-53-21-23-55-25-28-59-37-31-35(41(45)42-9-12-58-36-6-4-34(5-7-36)33-62(46,47)48)32-38(40(37)61-30-27-57-18-16-51-11-8-39(43)44)60-29-26-56-24-22-54-20-19-52-14-13-49-2/h27-31H,3-26,32-33H2,1-2H3,(H,43,46)(H,44,45)(H2,47,48,49)(H2,50,51,52);4-7,31-32H,3,8-30,33H2,1-2H3,(H,42,45)(H,43,44)(H2,46,47,48). The fourth-order valence-electron chi connectivity index (χ4n) is 10.4. The second kappa shape index (κ2) is 75.3. The number of carboxylic acid groups (broad SMARTS) is 2. The normalized spacial score (nSPS) is 11.6. The molecule has 738 valence electrons. The van der Waals surface area contributed by atoms with E-state index >= 15 is 0 Å². The Balaban J connectivity index is 0.000000667. The molecule has 0 aromatic heterocycles. The van der Waals surface area contributed by atoms with Crippen LogP contribution >= 0.6 is 22.8 Å². The molecule has 0 heterocycles. The summed E-state index contributed by atoms with van der Waals surface area (Å²) in [6.07, 6.45) is -0.105. The van der Waals surface area contributed by atoms with Crippen molar-refractivity contribution < 1.29 is 196 Å². The van der Waals surface area contributed by atoms with Crippen molar-refractivity contribution in [1.29, 1.82) is 0 Å². The van der Waals surface area contributed by atoms with Crippen molar-refractivity contribution in [3.05, 3.63) is 94.5 Å². The van der Waals surface area contributed by atoms with Crippen LogP contribution in [0.4, 0.5) is 0 Å². The molecule has 0 saturated carbocycles. The van der Waals surface area contributed by atoms with E-state index in [1.807, 2.05) is 13.8 Å². The van der Waals surface area contributed by atoms with Crippen molar-refractivity contribution in [2.24, 2.45) is 0 Å². The molecule has 4 aromatic rings. The van der Waals surface area contributed by atoms with Crippen molar-refractivity contribution in [3.63, 3.8) is 0 Å². The van der Waals surface area contributed by atoms with Gasteiger partial charge in [0.15, 0.2) is 23.0 Å². The van der Waals surface area contributed by atoms with Crippen LogP contribution in [0.25, 0.3) is 0 Å². The monoisotopic (exact) mass is 1910 g/mol. The lowest BCUT2D eigenvalue weighted by Crippen LogP contribution is -2.28. The molecule has 0 aliphatic carbocycles. The Morgan fingerprint density at radius 2 is 0.512 bits per heavy atom. The van der Waals surface area contributed by atoms with E-state index in [0.717, 1.165) is 12.8 Å². The molecule has 0 atom stereocenters. The Labute approximate surface area is 753 Å². The van der Waals surface area contributed by atoms with E-state index in [1.165, 1.54) is 42.5 Å². The molecular weight excluding hydrogens is 1770 g/mol. The average Bonchev–Trinajstić information content (AvgIpc) is 0.812. The molecule has 0 bridgehead atoms. The SMILES string of the molecule is CCCOCCOCCOCCOc1cc(C(=O)NCCOc2cc(CP(=O)(O)O)cc(CP(=O)(O)O)c2)cc(OCCOCCOCCOCCOC)c1OCCOCCOCCC(=O)O.CCCOCCOCCOCCOc1cc(C(=O)NCCOc2ccc(CP(=O)(O)O)cc2)cc(OCCOCCOCCOCCOC)c1OCCOCCOCCC(=O)O. The molecular formula is C83H135N2O41P3. The highest BCUT2D eigenvalue weighted by molar-refractivity contribution is 7.51. The van der Waals surface area contributed by atoms with Crippen LogP contribution in [0, 0.1) is 0 Å². The molecule has 0 spiro atoms. The lowest BCUT2D eigenvalue weighted by molar-refractivity contribution is -0.139. The Hall–Kier alpha value is -7.11. The minimum Gasteiger partial charge on any atom is -0.492 e. The number of ether oxygens (including phenoxy) is 26. The predicted octanol–water partition coefficient (Wildman–Crippen LogP) is 5.62. The molecule has 46 heteroatoms. The van der Waals surface area contributed by atoms with Crippen LogP contribution < -0.4 is 48.5 Å². The van der Waals surface area contributed by atoms with Crippen molar-refractivity contribution in [2.45, 2.75) is 58.0 Å². The summed E-state index contributed by atoms with van der Waals surface area (Å²) in [5.41, 5.74) is 1.01. The van der Waals surface area contributed by atoms with E-state index in [9.17, 15) is 62.2 Å². The van der Waals surface area contributed by atoms with E-state index in [-0.39, 0.29) is 233 Å².